The number of unbranched alkanes of at least 4 members (excludes halogenated alkanes) is 1. The zero-order valence-corrected chi connectivity index (χ0v) is 18.4. The van der Waals surface area contributed by atoms with Crippen molar-refractivity contribution >= 4 is 57.3 Å². The van der Waals surface area contributed by atoms with Crippen LogP contribution in [0.2, 0.25) is 0 Å². The molecule has 29 heavy (non-hydrogen) atoms. The van der Waals surface area contributed by atoms with Crippen molar-refractivity contribution in [2.45, 2.75) is 37.4 Å². The highest BCUT2D eigenvalue weighted by molar-refractivity contribution is 8.01. The van der Waals surface area contributed by atoms with Crippen LogP contribution in [-0.4, -0.2) is 37.4 Å². The minimum Gasteiger partial charge on any atom is -0.325 e. The van der Waals surface area contributed by atoms with Crippen LogP contribution in [0.5, 0.6) is 0 Å². The molecule has 2 N–H and O–H groups in total. The molecule has 2 heterocycles. The van der Waals surface area contributed by atoms with Gasteiger partial charge in [-0.1, -0.05) is 53.1 Å². The van der Waals surface area contributed by atoms with E-state index in [1.54, 1.807) is 6.92 Å². The molecule has 11 heteroatoms. The van der Waals surface area contributed by atoms with Crippen molar-refractivity contribution in [1.82, 2.24) is 19.8 Å². The first kappa shape index (κ1) is 21.3. The monoisotopic (exact) mass is 448 g/mol. The van der Waals surface area contributed by atoms with Gasteiger partial charge in [0.25, 0.3) is 5.91 Å². The molecule has 0 saturated carbocycles. The van der Waals surface area contributed by atoms with Gasteiger partial charge in [-0.15, -0.1) is 15.3 Å². The Balaban J connectivity index is 1.46. The number of aryl methyl sites for hydroxylation is 2. The summed E-state index contributed by atoms with van der Waals surface area (Å²) in [6.45, 7) is 3.89. The fraction of sp³-hybridized carbons (Fsp3) is 0.333. The molecule has 0 fully saturated rings. The van der Waals surface area contributed by atoms with E-state index in [1.807, 2.05) is 24.3 Å². The molecule has 1 aromatic carbocycles. The van der Waals surface area contributed by atoms with Crippen molar-refractivity contribution in [3.8, 4) is 0 Å². The molecule has 8 nitrogen and oxygen atoms in total. The van der Waals surface area contributed by atoms with E-state index >= 15 is 0 Å². The number of benzene rings is 1. The summed E-state index contributed by atoms with van der Waals surface area (Å²) in [6.07, 6.45) is 3.37. The molecular formula is C18H20N6O2S3. The lowest BCUT2D eigenvalue weighted by molar-refractivity contribution is -0.113. The van der Waals surface area contributed by atoms with Crippen molar-refractivity contribution in [3.05, 3.63) is 40.4 Å². The summed E-state index contributed by atoms with van der Waals surface area (Å²) in [6, 6.07) is 7.92. The van der Waals surface area contributed by atoms with Gasteiger partial charge in [0.15, 0.2) is 4.34 Å². The summed E-state index contributed by atoms with van der Waals surface area (Å²) in [5.41, 5.74) is 2.61. The quantitative estimate of drug-likeness (QED) is 0.376. The van der Waals surface area contributed by atoms with Crippen LogP contribution in [0.1, 0.15) is 40.7 Å². The molecule has 152 valence electrons. The zero-order chi connectivity index (χ0) is 20.6. The SMILES string of the molecule is CCCCc1ccc(NC(=O)CSc2nnc(NC(=O)c3snnc3C)s2)cc1. The van der Waals surface area contributed by atoms with Gasteiger partial charge in [-0.05, 0) is 49.0 Å². The fourth-order valence-corrected chi connectivity index (χ4v) is 4.47. The molecule has 0 aliphatic rings. The van der Waals surface area contributed by atoms with E-state index < -0.39 is 0 Å². The first-order chi connectivity index (χ1) is 14.0. The van der Waals surface area contributed by atoms with Crippen LogP contribution < -0.4 is 10.6 Å². The van der Waals surface area contributed by atoms with E-state index in [0.717, 1.165) is 36.5 Å². The maximum absolute atomic E-state index is 12.2. The maximum Gasteiger partial charge on any atom is 0.271 e. The first-order valence-electron chi connectivity index (χ1n) is 9.00. The first-order valence-corrected chi connectivity index (χ1v) is 11.6. The van der Waals surface area contributed by atoms with Gasteiger partial charge in [0, 0.05) is 5.69 Å². The Morgan fingerprint density at radius 2 is 1.90 bits per heavy atom. The average Bonchev–Trinajstić information content (AvgIpc) is 3.34. The molecule has 3 aromatic rings. The third kappa shape index (κ3) is 6.31. The smallest absolute Gasteiger partial charge is 0.271 e. The van der Waals surface area contributed by atoms with Crippen LogP contribution in [0.4, 0.5) is 10.8 Å². The Morgan fingerprint density at radius 1 is 1.10 bits per heavy atom. The summed E-state index contributed by atoms with van der Waals surface area (Å²) in [4.78, 5) is 24.7. The molecule has 0 atom stereocenters. The maximum atomic E-state index is 12.2. The second-order valence-corrected chi connectivity index (χ2v) is 9.11. The van der Waals surface area contributed by atoms with Crippen LogP contribution in [0, 0.1) is 6.92 Å². The van der Waals surface area contributed by atoms with E-state index in [1.165, 1.54) is 28.7 Å². The Bertz CT molecular complexity index is 970. The molecule has 0 aliphatic carbocycles. The molecular weight excluding hydrogens is 428 g/mol. The second-order valence-electron chi connectivity index (χ2n) is 6.15. The van der Waals surface area contributed by atoms with Gasteiger partial charge in [0.1, 0.15) is 4.88 Å². The molecule has 0 radical (unpaired) electrons. The summed E-state index contributed by atoms with van der Waals surface area (Å²) >= 11 is 3.51. The van der Waals surface area contributed by atoms with Gasteiger partial charge < -0.3 is 5.32 Å². The number of carbonyl (C=O) groups is 2. The molecule has 0 spiro atoms. The largest absolute Gasteiger partial charge is 0.325 e. The topological polar surface area (TPSA) is 110 Å². The lowest BCUT2D eigenvalue weighted by Gasteiger charge is -2.05. The molecule has 2 amide bonds. The standard InChI is InChI=1S/C18H20N6O2S3/c1-3-4-5-12-6-8-13(9-7-12)19-14(25)10-27-18-23-22-17(28-18)20-16(26)15-11(2)21-24-29-15/h6-9H,3-5,10H2,1-2H3,(H,19,25)(H,20,22,26). The van der Waals surface area contributed by atoms with Crippen molar-refractivity contribution in [1.29, 1.82) is 0 Å². The molecule has 2 aromatic heterocycles. The third-order valence-electron chi connectivity index (χ3n) is 3.87. The van der Waals surface area contributed by atoms with Crippen molar-refractivity contribution in [3.63, 3.8) is 0 Å². The third-order valence-corrected chi connectivity index (χ3v) is 6.67. The predicted molar refractivity (Wildman–Crippen MR) is 117 cm³/mol. The summed E-state index contributed by atoms with van der Waals surface area (Å²) in [5, 5.41) is 17.7. The fourth-order valence-electron chi connectivity index (χ4n) is 2.37. The van der Waals surface area contributed by atoms with E-state index in [9.17, 15) is 9.59 Å². The van der Waals surface area contributed by atoms with E-state index in [0.29, 0.717) is 20.0 Å². The minimum absolute atomic E-state index is 0.122. The van der Waals surface area contributed by atoms with Gasteiger partial charge in [-0.25, -0.2) is 0 Å². The van der Waals surface area contributed by atoms with Crippen molar-refractivity contribution in [2.24, 2.45) is 0 Å². The summed E-state index contributed by atoms with van der Waals surface area (Å²) < 4.78 is 4.34. The molecule has 0 bridgehead atoms. The normalized spacial score (nSPS) is 10.7. The average molecular weight is 449 g/mol. The number of carbonyl (C=O) groups excluding carboxylic acids is 2. The highest BCUT2D eigenvalue weighted by Gasteiger charge is 2.16. The number of amides is 2. The van der Waals surface area contributed by atoms with E-state index in [2.05, 4.69) is 37.3 Å². The Kier molecular flexibility index (Phi) is 7.67. The van der Waals surface area contributed by atoms with Crippen LogP contribution in [0.25, 0.3) is 0 Å². The zero-order valence-electron chi connectivity index (χ0n) is 16.0. The lowest BCUT2D eigenvalue weighted by atomic mass is 10.1. The molecule has 3 rings (SSSR count). The number of rotatable bonds is 9. The lowest BCUT2D eigenvalue weighted by Crippen LogP contribution is -2.13. The Labute approximate surface area is 180 Å². The second kappa shape index (κ2) is 10.4. The van der Waals surface area contributed by atoms with Gasteiger partial charge in [-0.2, -0.15) is 0 Å². The van der Waals surface area contributed by atoms with Gasteiger partial charge in [0.05, 0.1) is 11.4 Å². The number of aromatic nitrogens is 4. The summed E-state index contributed by atoms with van der Waals surface area (Å²) in [5.74, 6) is -0.230. The summed E-state index contributed by atoms with van der Waals surface area (Å²) in [7, 11) is 0. The molecule has 0 unspecified atom stereocenters. The Morgan fingerprint density at radius 3 is 2.59 bits per heavy atom. The predicted octanol–water partition coefficient (Wildman–Crippen LogP) is 4.02. The number of hydrogen-bond acceptors (Lipinski definition) is 9. The van der Waals surface area contributed by atoms with E-state index in [4.69, 9.17) is 0 Å². The van der Waals surface area contributed by atoms with Gasteiger partial charge >= 0.3 is 0 Å². The number of anilines is 2. The number of nitrogens with one attached hydrogen (secondary N) is 2. The minimum atomic E-state index is -0.315. The van der Waals surface area contributed by atoms with Crippen molar-refractivity contribution in [2.75, 3.05) is 16.4 Å². The van der Waals surface area contributed by atoms with Crippen LogP contribution >= 0.6 is 34.6 Å². The van der Waals surface area contributed by atoms with Crippen molar-refractivity contribution < 1.29 is 9.59 Å². The number of hydrogen-bond donors (Lipinski definition) is 2. The van der Waals surface area contributed by atoms with E-state index in [-0.39, 0.29) is 17.6 Å². The van der Waals surface area contributed by atoms with Gasteiger partial charge in [0.2, 0.25) is 11.0 Å². The van der Waals surface area contributed by atoms with Gasteiger partial charge in [-0.3, -0.25) is 14.9 Å². The highest BCUT2D eigenvalue weighted by Crippen LogP contribution is 2.26. The number of nitrogens with zero attached hydrogens (tertiary/aromatic N) is 4. The van der Waals surface area contributed by atoms with Crippen LogP contribution in [-0.2, 0) is 11.2 Å². The highest BCUT2D eigenvalue weighted by atomic mass is 32.2. The number of thioether (sulfide) groups is 1. The van der Waals surface area contributed by atoms with Crippen LogP contribution in [0.3, 0.4) is 0 Å². The molecule has 0 aliphatic heterocycles. The Hall–Kier alpha value is -2.37. The molecule has 0 saturated heterocycles. The van der Waals surface area contributed by atoms with Crippen LogP contribution in [0.15, 0.2) is 28.6 Å².